The van der Waals surface area contributed by atoms with E-state index in [9.17, 15) is 18.0 Å². The van der Waals surface area contributed by atoms with E-state index in [1.54, 1.807) is 10.6 Å². The van der Waals surface area contributed by atoms with Crippen molar-refractivity contribution >= 4 is 32.7 Å². The smallest absolute Gasteiger partial charge is 0.268 e. The van der Waals surface area contributed by atoms with Gasteiger partial charge in [-0.3, -0.25) is 9.59 Å². The molecule has 1 saturated heterocycles. The van der Waals surface area contributed by atoms with Gasteiger partial charge in [0.1, 0.15) is 11.7 Å². The lowest BCUT2D eigenvalue weighted by Gasteiger charge is -2.32. The van der Waals surface area contributed by atoms with Crippen LogP contribution in [0.25, 0.3) is 10.9 Å². The second kappa shape index (κ2) is 12.0. The molecule has 206 valence electrons. The molecule has 1 unspecified atom stereocenters. The second-order valence-corrected chi connectivity index (χ2v) is 12.0. The number of benzene rings is 2. The fourth-order valence-electron chi connectivity index (χ4n) is 4.66. The van der Waals surface area contributed by atoms with Gasteiger partial charge in [-0.1, -0.05) is 32.0 Å². The standard InChI is InChI=1S/C28H33N5O5S/c1-19(2)14-24(31-28(35)26-15-21-6-4-5-7-25(21)32(26)3)27(34)30-17-22-18-33(12-13-38-22)39(36,37)23-10-8-20(16-29)9-11-23/h4-11,15,19,22,24H,12-14,17-18H2,1-3H3,(H,30,34)(H,31,35)/t22?,24-/m0/s1. The SMILES string of the molecule is CC(C)C[C@H](NC(=O)c1cc2ccccc2n1C)C(=O)NCC1CN(S(=O)(=O)c2ccc(C#N)cc2)CCO1. The van der Waals surface area contributed by atoms with E-state index in [2.05, 4.69) is 10.6 Å². The van der Waals surface area contributed by atoms with Crippen molar-refractivity contribution in [3.8, 4) is 6.07 Å². The number of nitrogens with one attached hydrogen (secondary N) is 2. The predicted octanol–water partition coefficient (Wildman–Crippen LogP) is 2.40. The first kappa shape index (κ1) is 28.3. The summed E-state index contributed by atoms with van der Waals surface area (Å²) >= 11 is 0. The van der Waals surface area contributed by atoms with E-state index in [1.807, 2.05) is 51.2 Å². The zero-order valence-corrected chi connectivity index (χ0v) is 23.1. The van der Waals surface area contributed by atoms with Crippen LogP contribution in [0.3, 0.4) is 0 Å². The van der Waals surface area contributed by atoms with Crippen molar-refractivity contribution in [3.05, 3.63) is 65.9 Å². The third-order valence-corrected chi connectivity index (χ3v) is 8.62. The molecule has 0 saturated carbocycles. The van der Waals surface area contributed by atoms with Gasteiger partial charge in [0.15, 0.2) is 0 Å². The van der Waals surface area contributed by atoms with E-state index in [0.717, 1.165) is 10.9 Å². The van der Waals surface area contributed by atoms with Gasteiger partial charge < -0.3 is 19.9 Å². The molecule has 1 fully saturated rings. The third kappa shape index (κ3) is 6.47. The lowest BCUT2D eigenvalue weighted by molar-refractivity contribution is -0.124. The highest BCUT2D eigenvalue weighted by atomic mass is 32.2. The Morgan fingerprint density at radius 3 is 2.54 bits per heavy atom. The number of hydrogen-bond acceptors (Lipinski definition) is 6. The Morgan fingerprint density at radius 1 is 1.15 bits per heavy atom. The number of morpholine rings is 1. The number of hydrogen-bond donors (Lipinski definition) is 2. The Kier molecular flexibility index (Phi) is 8.70. The number of rotatable bonds is 9. The number of carbonyl (C=O) groups is 2. The summed E-state index contributed by atoms with van der Waals surface area (Å²) in [6, 6.07) is 16.4. The lowest BCUT2D eigenvalue weighted by atomic mass is 10.0. The lowest BCUT2D eigenvalue weighted by Crippen LogP contribution is -2.53. The van der Waals surface area contributed by atoms with Gasteiger partial charge in [0.05, 0.1) is 29.2 Å². The van der Waals surface area contributed by atoms with Crippen molar-refractivity contribution < 1.29 is 22.7 Å². The fraction of sp³-hybridized carbons (Fsp3) is 0.393. The topological polar surface area (TPSA) is 134 Å². The highest BCUT2D eigenvalue weighted by molar-refractivity contribution is 7.89. The van der Waals surface area contributed by atoms with Crippen molar-refractivity contribution in [2.45, 2.75) is 37.3 Å². The van der Waals surface area contributed by atoms with Crippen molar-refractivity contribution in [2.24, 2.45) is 13.0 Å². The maximum absolute atomic E-state index is 13.2. The van der Waals surface area contributed by atoms with Crippen LogP contribution < -0.4 is 10.6 Å². The summed E-state index contributed by atoms with van der Waals surface area (Å²) in [5.74, 6) is -0.554. The zero-order valence-electron chi connectivity index (χ0n) is 22.3. The van der Waals surface area contributed by atoms with Crippen LogP contribution in [-0.2, 0) is 26.6 Å². The normalized spacial score (nSPS) is 17.1. The monoisotopic (exact) mass is 551 g/mol. The fourth-order valence-corrected chi connectivity index (χ4v) is 6.12. The van der Waals surface area contributed by atoms with Crippen molar-refractivity contribution in [1.82, 2.24) is 19.5 Å². The summed E-state index contributed by atoms with van der Waals surface area (Å²) in [7, 11) is -1.97. The predicted molar refractivity (Wildman–Crippen MR) is 146 cm³/mol. The van der Waals surface area contributed by atoms with Crippen LogP contribution in [0.5, 0.6) is 0 Å². The van der Waals surface area contributed by atoms with Crippen LogP contribution in [0.4, 0.5) is 0 Å². The van der Waals surface area contributed by atoms with E-state index in [1.165, 1.54) is 28.6 Å². The van der Waals surface area contributed by atoms with Crippen LogP contribution in [0.2, 0.25) is 0 Å². The summed E-state index contributed by atoms with van der Waals surface area (Å²) < 4.78 is 35.1. The Bertz CT molecular complexity index is 1490. The molecule has 4 rings (SSSR count). The summed E-state index contributed by atoms with van der Waals surface area (Å²) in [6.07, 6.45) is -0.115. The van der Waals surface area contributed by atoms with Crippen LogP contribution in [0.1, 0.15) is 36.3 Å². The molecule has 2 N–H and O–H groups in total. The van der Waals surface area contributed by atoms with Crippen molar-refractivity contribution in [1.29, 1.82) is 5.26 Å². The molecule has 0 aliphatic carbocycles. The Morgan fingerprint density at radius 2 is 1.87 bits per heavy atom. The summed E-state index contributed by atoms with van der Waals surface area (Å²) in [4.78, 5) is 26.4. The van der Waals surface area contributed by atoms with Crippen LogP contribution in [0.15, 0.2) is 59.5 Å². The number of carbonyl (C=O) groups excluding carboxylic acids is 2. The minimum Gasteiger partial charge on any atom is -0.374 e. The Hall–Kier alpha value is -3.72. The van der Waals surface area contributed by atoms with Gasteiger partial charge in [0.2, 0.25) is 15.9 Å². The number of aryl methyl sites for hydroxylation is 1. The maximum Gasteiger partial charge on any atom is 0.268 e. The van der Waals surface area contributed by atoms with E-state index >= 15 is 0 Å². The summed E-state index contributed by atoms with van der Waals surface area (Å²) in [6.45, 7) is 4.47. The molecule has 2 amide bonds. The first-order chi connectivity index (χ1) is 18.6. The van der Waals surface area contributed by atoms with Gasteiger partial charge in [0.25, 0.3) is 5.91 Å². The number of nitrogens with zero attached hydrogens (tertiary/aromatic N) is 3. The first-order valence-electron chi connectivity index (χ1n) is 12.8. The number of fused-ring (bicyclic) bond motifs is 1. The molecule has 0 spiro atoms. The molecule has 2 heterocycles. The minimum absolute atomic E-state index is 0.0692. The molecule has 11 heteroatoms. The molecule has 1 aliphatic heterocycles. The molecule has 1 aromatic heterocycles. The first-order valence-corrected chi connectivity index (χ1v) is 14.3. The second-order valence-electron chi connectivity index (χ2n) is 10.0. The largest absolute Gasteiger partial charge is 0.374 e. The molecular formula is C28H33N5O5S. The number of sulfonamides is 1. The zero-order chi connectivity index (χ0) is 28.2. The number of amides is 2. The molecule has 0 bridgehead atoms. The average molecular weight is 552 g/mol. The van der Waals surface area contributed by atoms with Crippen LogP contribution in [-0.4, -0.2) is 67.5 Å². The minimum atomic E-state index is -3.78. The Balaban J connectivity index is 1.39. The van der Waals surface area contributed by atoms with Gasteiger partial charge in [-0.05, 0) is 48.7 Å². The van der Waals surface area contributed by atoms with Crippen molar-refractivity contribution in [3.63, 3.8) is 0 Å². The molecule has 10 nitrogen and oxygen atoms in total. The third-order valence-electron chi connectivity index (χ3n) is 6.74. The highest BCUT2D eigenvalue weighted by Crippen LogP contribution is 2.20. The number of para-hydroxylation sites is 1. The maximum atomic E-state index is 13.2. The van der Waals surface area contributed by atoms with Crippen LogP contribution >= 0.6 is 0 Å². The molecular weight excluding hydrogens is 518 g/mol. The summed E-state index contributed by atoms with van der Waals surface area (Å²) in [5, 5.41) is 15.6. The molecule has 39 heavy (non-hydrogen) atoms. The molecule has 0 radical (unpaired) electrons. The molecule has 2 atom stereocenters. The van der Waals surface area contributed by atoms with Crippen molar-refractivity contribution in [2.75, 3.05) is 26.2 Å². The van der Waals surface area contributed by atoms with E-state index < -0.39 is 22.2 Å². The quantitative estimate of drug-likeness (QED) is 0.420. The number of aromatic nitrogens is 1. The average Bonchev–Trinajstić information content (AvgIpc) is 3.27. The van der Waals surface area contributed by atoms with Crippen LogP contribution in [0, 0.1) is 17.2 Å². The molecule has 1 aliphatic rings. The number of nitriles is 1. The van der Waals surface area contributed by atoms with Gasteiger partial charge >= 0.3 is 0 Å². The van der Waals surface area contributed by atoms with Gasteiger partial charge in [-0.2, -0.15) is 9.57 Å². The number of ether oxygens (including phenoxy) is 1. The Labute approximate surface area is 228 Å². The van der Waals surface area contributed by atoms with Gasteiger partial charge in [0, 0.05) is 37.6 Å². The highest BCUT2D eigenvalue weighted by Gasteiger charge is 2.32. The van der Waals surface area contributed by atoms with E-state index in [4.69, 9.17) is 10.00 Å². The molecule has 3 aromatic rings. The van der Waals surface area contributed by atoms with Gasteiger partial charge in [-0.15, -0.1) is 0 Å². The summed E-state index contributed by atoms with van der Waals surface area (Å²) in [5.41, 5.74) is 1.75. The van der Waals surface area contributed by atoms with E-state index in [0.29, 0.717) is 17.7 Å². The van der Waals surface area contributed by atoms with E-state index in [-0.39, 0.29) is 48.9 Å². The molecule has 2 aromatic carbocycles. The van der Waals surface area contributed by atoms with Gasteiger partial charge in [-0.25, -0.2) is 8.42 Å².